The molecule has 0 aliphatic heterocycles. The van der Waals surface area contributed by atoms with Gasteiger partial charge in [-0.3, -0.25) is 10.1 Å². The lowest BCUT2D eigenvalue weighted by Crippen LogP contribution is -2.39. The van der Waals surface area contributed by atoms with Crippen LogP contribution in [0.5, 0.6) is 0 Å². The molecule has 0 saturated carbocycles. The van der Waals surface area contributed by atoms with Crippen LogP contribution in [0, 0.1) is 0 Å². The zero-order chi connectivity index (χ0) is 19.9. The highest BCUT2D eigenvalue weighted by molar-refractivity contribution is 7.09. The third kappa shape index (κ3) is 4.96. The molecule has 3 aromatic heterocycles. The molecule has 3 aromatic rings. The molecule has 28 heavy (non-hydrogen) atoms. The number of ether oxygens (including phenoxy) is 1. The Morgan fingerprint density at radius 2 is 2.32 bits per heavy atom. The molecule has 0 saturated heterocycles. The van der Waals surface area contributed by atoms with Gasteiger partial charge < -0.3 is 19.4 Å². The fraction of sp³-hybridized carbons (Fsp3) is 0.444. The van der Waals surface area contributed by atoms with Gasteiger partial charge in [0.2, 0.25) is 5.82 Å². The highest BCUT2D eigenvalue weighted by Gasteiger charge is 2.13. The molecule has 0 bridgehead atoms. The molecule has 0 amide bonds. The van der Waals surface area contributed by atoms with Crippen molar-refractivity contribution >= 4 is 17.3 Å². The van der Waals surface area contributed by atoms with E-state index in [1.165, 1.54) is 0 Å². The van der Waals surface area contributed by atoms with E-state index >= 15 is 0 Å². The number of guanidine groups is 1. The minimum absolute atomic E-state index is 0.00877. The molecule has 10 heteroatoms. The second-order valence-electron chi connectivity index (χ2n) is 6.22. The van der Waals surface area contributed by atoms with Crippen LogP contribution in [-0.4, -0.2) is 58.8 Å². The quantitative estimate of drug-likeness (QED) is 0.440. The third-order valence-corrected chi connectivity index (χ3v) is 5.22. The molecular formula is C18H25N7O2S. The normalized spacial score (nSPS) is 12.9. The number of aliphatic imine (C=N–C) groups is 1. The summed E-state index contributed by atoms with van der Waals surface area (Å²) in [5.74, 6) is 2.79. The maximum atomic E-state index is 5.32. The Bertz CT molecular complexity index is 888. The van der Waals surface area contributed by atoms with Crippen molar-refractivity contribution in [2.45, 2.75) is 26.0 Å². The topological polar surface area (TPSA) is 104 Å². The number of hydrogen-bond donors (Lipinski definition) is 2. The highest BCUT2D eigenvalue weighted by Crippen LogP contribution is 2.21. The Kier molecular flexibility index (Phi) is 6.77. The number of rotatable bonds is 8. The monoisotopic (exact) mass is 403 g/mol. The lowest BCUT2D eigenvalue weighted by atomic mass is 10.4. The second-order valence-corrected chi connectivity index (χ2v) is 7.11. The minimum atomic E-state index is 0.00877. The van der Waals surface area contributed by atoms with Gasteiger partial charge in [0.25, 0.3) is 0 Å². The average Bonchev–Trinajstić information content (AvgIpc) is 3.45. The standard InChI is InChI=1S/C18H25N7O2S/c1-12(26-4)17-21-13(11-28-17)10-25(3)18(19-2)20-8-7-15-22-16(24-23-15)14-6-5-9-27-14/h5-6,9,11-12H,7-8,10H2,1-4H3,(H,19,20)(H,22,23,24). The molecule has 3 heterocycles. The minimum Gasteiger partial charge on any atom is -0.461 e. The molecule has 0 radical (unpaired) electrons. The largest absolute Gasteiger partial charge is 0.461 e. The predicted molar refractivity (Wildman–Crippen MR) is 108 cm³/mol. The average molecular weight is 404 g/mol. The van der Waals surface area contributed by atoms with E-state index in [0.717, 1.165) is 22.5 Å². The summed E-state index contributed by atoms with van der Waals surface area (Å²) in [6.45, 7) is 3.33. The van der Waals surface area contributed by atoms with Crippen molar-refractivity contribution in [3.05, 3.63) is 40.3 Å². The van der Waals surface area contributed by atoms with Gasteiger partial charge in [-0.25, -0.2) is 9.97 Å². The molecule has 3 rings (SSSR count). The second kappa shape index (κ2) is 9.47. The van der Waals surface area contributed by atoms with Crippen LogP contribution >= 0.6 is 11.3 Å². The van der Waals surface area contributed by atoms with Gasteiger partial charge in [0.05, 0.1) is 18.5 Å². The lowest BCUT2D eigenvalue weighted by Gasteiger charge is -2.21. The summed E-state index contributed by atoms with van der Waals surface area (Å²) in [7, 11) is 5.44. The maximum Gasteiger partial charge on any atom is 0.216 e. The van der Waals surface area contributed by atoms with E-state index in [9.17, 15) is 0 Å². The van der Waals surface area contributed by atoms with Gasteiger partial charge in [-0.15, -0.1) is 11.3 Å². The van der Waals surface area contributed by atoms with Crippen molar-refractivity contribution in [3.63, 3.8) is 0 Å². The van der Waals surface area contributed by atoms with E-state index in [4.69, 9.17) is 9.15 Å². The van der Waals surface area contributed by atoms with Gasteiger partial charge in [0.15, 0.2) is 11.7 Å². The summed E-state index contributed by atoms with van der Waals surface area (Å²) in [5.41, 5.74) is 0.993. The van der Waals surface area contributed by atoms with E-state index in [1.54, 1.807) is 31.8 Å². The first-order valence-corrected chi connectivity index (χ1v) is 9.82. The Hall–Kier alpha value is -2.72. The van der Waals surface area contributed by atoms with Crippen LogP contribution < -0.4 is 5.32 Å². The number of aromatic amines is 1. The molecule has 2 N–H and O–H groups in total. The van der Waals surface area contributed by atoms with E-state index in [0.29, 0.717) is 31.1 Å². The van der Waals surface area contributed by atoms with E-state index in [1.807, 2.05) is 31.0 Å². The fourth-order valence-electron chi connectivity index (χ4n) is 2.60. The number of hydrogen-bond acceptors (Lipinski definition) is 7. The SMILES string of the molecule is CN=C(NCCc1nc(-c2ccco2)n[nH]1)N(C)Cc1csc(C(C)OC)n1. The molecule has 0 spiro atoms. The predicted octanol–water partition coefficient (Wildman–Crippen LogP) is 2.48. The Labute approximate surface area is 167 Å². The van der Waals surface area contributed by atoms with Gasteiger partial charge in [-0.1, -0.05) is 0 Å². The van der Waals surface area contributed by atoms with Gasteiger partial charge >= 0.3 is 0 Å². The number of H-pyrrole nitrogens is 1. The smallest absolute Gasteiger partial charge is 0.216 e. The Morgan fingerprint density at radius 3 is 3.04 bits per heavy atom. The Morgan fingerprint density at radius 1 is 1.46 bits per heavy atom. The van der Waals surface area contributed by atoms with Crippen molar-refractivity contribution < 1.29 is 9.15 Å². The van der Waals surface area contributed by atoms with Crippen LogP contribution in [0.1, 0.15) is 29.6 Å². The third-order valence-electron chi connectivity index (χ3n) is 4.16. The van der Waals surface area contributed by atoms with E-state index < -0.39 is 0 Å². The van der Waals surface area contributed by atoms with Crippen molar-refractivity contribution in [2.75, 3.05) is 27.7 Å². The summed E-state index contributed by atoms with van der Waals surface area (Å²) >= 11 is 1.61. The number of thiazole rings is 1. The van der Waals surface area contributed by atoms with Crippen molar-refractivity contribution in [1.29, 1.82) is 0 Å². The summed E-state index contributed by atoms with van der Waals surface area (Å²) in [6.07, 6.45) is 2.30. The summed E-state index contributed by atoms with van der Waals surface area (Å²) in [4.78, 5) is 15.4. The highest BCUT2D eigenvalue weighted by atomic mass is 32.1. The molecule has 0 aromatic carbocycles. The van der Waals surface area contributed by atoms with Crippen molar-refractivity contribution in [3.8, 4) is 11.6 Å². The molecular weight excluding hydrogens is 378 g/mol. The number of aromatic nitrogens is 4. The number of nitrogens with zero attached hydrogens (tertiary/aromatic N) is 5. The van der Waals surface area contributed by atoms with Gasteiger partial charge in [-0.05, 0) is 19.1 Å². The van der Waals surface area contributed by atoms with E-state index in [-0.39, 0.29) is 6.10 Å². The summed E-state index contributed by atoms with van der Waals surface area (Å²) in [5, 5.41) is 13.5. The molecule has 1 unspecified atom stereocenters. The van der Waals surface area contributed by atoms with Gasteiger partial charge in [0, 0.05) is 39.6 Å². The van der Waals surface area contributed by atoms with Crippen LogP contribution in [0.4, 0.5) is 0 Å². The molecule has 0 aliphatic rings. The number of nitrogens with one attached hydrogen (secondary N) is 2. The molecule has 0 fully saturated rings. The summed E-state index contributed by atoms with van der Waals surface area (Å²) < 4.78 is 10.6. The Balaban J connectivity index is 1.49. The van der Waals surface area contributed by atoms with Crippen molar-refractivity contribution in [2.24, 2.45) is 4.99 Å². The molecule has 0 aliphatic carbocycles. The zero-order valence-electron chi connectivity index (χ0n) is 16.5. The molecule has 150 valence electrons. The van der Waals surface area contributed by atoms with Gasteiger partial charge in [0.1, 0.15) is 16.9 Å². The van der Waals surface area contributed by atoms with E-state index in [2.05, 4.69) is 35.9 Å². The number of methoxy groups -OCH3 is 1. The maximum absolute atomic E-state index is 5.32. The summed E-state index contributed by atoms with van der Waals surface area (Å²) in [6, 6.07) is 3.65. The molecule has 9 nitrogen and oxygen atoms in total. The van der Waals surface area contributed by atoms with Crippen molar-refractivity contribution in [1.82, 2.24) is 30.4 Å². The van der Waals surface area contributed by atoms with Crippen LogP contribution in [0.15, 0.2) is 33.2 Å². The fourth-order valence-corrected chi connectivity index (χ4v) is 3.44. The zero-order valence-corrected chi connectivity index (χ0v) is 17.3. The first kappa shape index (κ1) is 20.0. The molecule has 1 atom stereocenters. The first-order valence-electron chi connectivity index (χ1n) is 8.94. The van der Waals surface area contributed by atoms with Crippen LogP contribution in [-0.2, 0) is 17.7 Å². The first-order chi connectivity index (χ1) is 13.6. The van der Waals surface area contributed by atoms with Crippen LogP contribution in [0.3, 0.4) is 0 Å². The van der Waals surface area contributed by atoms with Crippen LogP contribution in [0.2, 0.25) is 0 Å². The van der Waals surface area contributed by atoms with Gasteiger partial charge in [-0.2, -0.15) is 5.10 Å². The lowest BCUT2D eigenvalue weighted by molar-refractivity contribution is 0.119. The van der Waals surface area contributed by atoms with Crippen LogP contribution in [0.25, 0.3) is 11.6 Å². The number of furan rings is 1.